The van der Waals surface area contributed by atoms with E-state index in [1.54, 1.807) is 0 Å². The molecule has 0 aromatic heterocycles. The highest BCUT2D eigenvalue weighted by atomic mass is 14.9. The Hall–Kier alpha value is -0.820. The third kappa shape index (κ3) is 3.07. The van der Waals surface area contributed by atoms with Crippen molar-refractivity contribution >= 4 is 0 Å². The minimum atomic E-state index is 0.544. The smallest absolute Gasteiger partial charge is 0.0104 e. The quantitative estimate of drug-likeness (QED) is 0.777. The largest absolute Gasteiger partial charge is 0.317 e. The summed E-state index contributed by atoms with van der Waals surface area (Å²) in [6.45, 7) is 6.71. The van der Waals surface area contributed by atoms with Crippen LogP contribution < -0.4 is 5.32 Å². The Morgan fingerprint density at radius 3 is 2.13 bits per heavy atom. The van der Waals surface area contributed by atoms with E-state index in [1.807, 2.05) is 7.05 Å². The molecule has 0 spiro atoms. The summed E-state index contributed by atoms with van der Waals surface area (Å²) in [6.07, 6.45) is 2.31. The van der Waals surface area contributed by atoms with E-state index in [1.165, 1.54) is 17.5 Å². The van der Waals surface area contributed by atoms with Gasteiger partial charge in [0.1, 0.15) is 0 Å². The van der Waals surface area contributed by atoms with Crippen LogP contribution in [0.15, 0.2) is 24.3 Å². The van der Waals surface area contributed by atoms with Crippen molar-refractivity contribution in [2.45, 2.75) is 45.6 Å². The number of hydrogen-bond donors (Lipinski definition) is 1. The standard InChI is InChI=1S/C14H23N/c1-5-12-7-9-13(10-8-12)14(6-2)11(3)15-4/h7-11,14-15H,5-6H2,1-4H3. The lowest BCUT2D eigenvalue weighted by Gasteiger charge is -2.22. The van der Waals surface area contributed by atoms with Crippen LogP contribution in [0, 0.1) is 0 Å². The minimum Gasteiger partial charge on any atom is -0.317 e. The Labute approximate surface area is 93.9 Å². The number of benzene rings is 1. The second kappa shape index (κ2) is 5.92. The van der Waals surface area contributed by atoms with E-state index in [0.29, 0.717) is 12.0 Å². The van der Waals surface area contributed by atoms with Crippen molar-refractivity contribution in [2.75, 3.05) is 7.05 Å². The van der Waals surface area contributed by atoms with Gasteiger partial charge < -0.3 is 5.32 Å². The van der Waals surface area contributed by atoms with Crippen molar-refractivity contribution in [3.63, 3.8) is 0 Å². The summed E-state index contributed by atoms with van der Waals surface area (Å²) >= 11 is 0. The van der Waals surface area contributed by atoms with E-state index in [2.05, 4.69) is 50.4 Å². The fraction of sp³-hybridized carbons (Fsp3) is 0.571. The van der Waals surface area contributed by atoms with Crippen LogP contribution in [0.4, 0.5) is 0 Å². The zero-order valence-electron chi connectivity index (χ0n) is 10.4. The molecule has 0 amide bonds. The number of hydrogen-bond acceptors (Lipinski definition) is 1. The van der Waals surface area contributed by atoms with Gasteiger partial charge in [0.15, 0.2) is 0 Å². The average molecular weight is 205 g/mol. The van der Waals surface area contributed by atoms with Gasteiger partial charge in [-0.3, -0.25) is 0 Å². The lowest BCUT2D eigenvalue weighted by atomic mass is 9.89. The van der Waals surface area contributed by atoms with Gasteiger partial charge in [-0.25, -0.2) is 0 Å². The summed E-state index contributed by atoms with van der Waals surface area (Å²) in [6, 6.07) is 9.60. The second-order valence-electron chi connectivity index (χ2n) is 4.19. The van der Waals surface area contributed by atoms with Gasteiger partial charge in [-0.1, -0.05) is 38.1 Å². The molecule has 1 aromatic carbocycles. The predicted molar refractivity (Wildman–Crippen MR) is 67.4 cm³/mol. The maximum atomic E-state index is 3.34. The third-order valence-corrected chi connectivity index (χ3v) is 3.31. The number of nitrogens with one attached hydrogen (secondary N) is 1. The van der Waals surface area contributed by atoms with E-state index in [0.717, 1.165) is 6.42 Å². The molecule has 1 rings (SSSR count). The fourth-order valence-electron chi connectivity index (χ4n) is 2.08. The van der Waals surface area contributed by atoms with Gasteiger partial charge in [0, 0.05) is 6.04 Å². The first-order valence-electron chi connectivity index (χ1n) is 5.99. The van der Waals surface area contributed by atoms with Gasteiger partial charge in [-0.05, 0) is 43.9 Å². The van der Waals surface area contributed by atoms with E-state index in [9.17, 15) is 0 Å². The number of rotatable bonds is 5. The third-order valence-electron chi connectivity index (χ3n) is 3.31. The molecule has 1 nitrogen and oxygen atoms in total. The Balaban J connectivity index is 2.83. The Kier molecular flexibility index (Phi) is 4.83. The van der Waals surface area contributed by atoms with Crippen molar-refractivity contribution in [3.05, 3.63) is 35.4 Å². The summed E-state index contributed by atoms with van der Waals surface area (Å²) in [5.41, 5.74) is 2.88. The first-order chi connectivity index (χ1) is 7.22. The highest BCUT2D eigenvalue weighted by Gasteiger charge is 2.15. The molecule has 0 radical (unpaired) electrons. The van der Waals surface area contributed by atoms with Crippen LogP contribution in [-0.4, -0.2) is 13.1 Å². The molecule has 0 saturated carbocycles. The van der Waals surface area contributed by atoms with Gasteiger partial charge >= 0.3 is 0 Å². The summed E-state index contributed by atoms with van der Waals surface area (Å²) in [5, 5.41) is 3.34. The minimum absolute atomic E-state index is 0.544. The number of likely N-dealkylation sites (N-methyl/N-ethyl adjacent to an activating group) is 1. The Morgan fingerprint density at radius 1 is 1.13 bits per heavy atom. The molecular weight excluding hydrogens is 182 g/mol. The summed E-state index contributed by atoms with van der Waals surface area (Å²) < 4.78 is 0. The van der Waals surface area contributed by atoms with Crippen molar-refractivity contribution in [1.82, 2.24) is 5.32 Å². The van der Waals surface area contributed by atoms with Crippen LogP contribution >= 0.6 is 0 Å². The van der Waals surface area contributed by atoms with Crippen LogP contribution in [-0.2, 0) is 6.42 Å². The Morgan fingerprint density at radius 2 is 1.73 bits per heavy atom. The zero-order valence-corrected chi connectivity index (χ0v) is 10.4. The normalized spacial score (nSPS) is 14.9. The van der Waals surface area contributed by atoms with E-state index in [4.69, 9.17) is 0 Å². The number of aryl methyl sites for hydroxylation is 1. The summed E-state index contributed by atoms with van der Waals surface area (Å²) in [7, 11) is 2.04. The van der Waals surface area contributed by atoms with Crippen molar-refractivity contribution in [3.8, 4) is 0 Å². The van der Waals surface area contributed by atoms with E-state index >= 15 is 0 Å². The summed E-state index contributed by atoms with van der Waals surface area (Å²) in [5.74, 6) is 0.626. The van der Waals surface area contributed by atoms with Gasteiger partial charge in [0.25, 0.3) is 0 Å². The first-order valence-corrected chi connectivity index (χ1v) is 5.99. The molecule has 0 heterocycles. The predicted octanol–water partition coefficient (Wildman–Crippen LogP) is 3.35. The molecule has 0 aliphatic heterocycles. The fourth-order valence-corrected chi connectivity index (χ4v) is 2.08. The second-order valence-corrected chi connectivity index (χ2v) is 4.19. The average Bonchev–Trinajstić information content (AvgIpc) is 2.30. The topological polar surface area (TPSA) is 12.0 Å². The van der Waals surface area contributed by atoms with Crippen molar-refractivity contribution in [2.24, 2.45) is 0 Å². The molecule has 1 heteroatoms. The molecule has 15 heavy (non-hydrogen) atoms. The summed E-state index contributed by atoms with van der Waals surface area (Å²) in [4.78, 5) is 0. The lowest BCUT2D eigenvalue weighted by molar-refractivity contribution is 0.483. The molecule has 0 saturated heterocycles. The monoisotopic (exact) mass is 205 g/mol. The van der Waals surface area contributed by atoms with Crippen LogP contribution in [0.25, 0.3) is 0 Å². The van der Waals surface area contributed by atoms with Crippen LogP contribution in [0.1, 0.15) is 44.2 Å². The molecule has 0 fully saturated rings. The molecule has 2 unspecified atom stereocenters. The SMILES string of the molecule is CCc1ccc(C(CC)C(C)NC)cc1. The maximum absolute atomic E-state index is 3.34. The van der Waals surface area contributed by atoms with E-state index < -0.39 is 0 Å². The molecule has 2 atom stereocenters. The molecule has 0 bridgehead atoms. The Bertz CT molecular complexity index is 276. The zero-order chi connectivity index (χ0) is 11.3. The highest BCUT2D eigenvalue weighted by Crippen LogP contribution is 2.23. The lowest BCUT2D eigenvalue weighted by Crippen LogP contribution is -2.28. The molecule has 1 aromatic rings. The first kappa shape index (κ1) is 12.3. The van der Waals surface area contributed by atoms with Gasteiger partial charge in [0.05, 0.1) is 0 Å². The van der Waals surface area contributed by atoms with Gasteiger partial charge in [-0.2, -0.15) is 0 Å². The molecular formula is C14H23N. The maximum Gasteiger partial charge on any atom is 0.0104 e. The van der Waals surface area contributed by atoms with Gasteiger partial charge in [-0.15, -0.1) is 0 Å². The van der Waals surface area contributed by atoms with Crippen molar-refractivity contribution < 1.29 is 0 Å². The van der Waals surface area contributed by atoms with E-state index in [-0.39, 0.29) is 0 Å². The van der Waals surface area contributed by atoms with Gasteiger partial charge in [0.2, 0.25) is 0 Å². The molecule has 1 N–H and O–H groups in total. The van der Waals surface area contributed by atoms with Crippen LogP contribution in [0.3, 0.4) is 0 Å². The molecule has 84 valence electrons. The highest BCUT2D eigenvalue weighted by molar-refractivity contribution is 5.26. The van der Waals surface area contributed by atoms with Crippen LogP contribution in [0.2, 0.25) is 0 Å². The van der Waals surface area contributed by atoms with Crippen LogP contribution in [0.5, 0.6) is 0 Å². The molecule has 0 aliphatic carbocycles. The van der Waals surface area contributed by atoms with Crippen molar-refractivity contribution in [1.29, 1.82) is 0 Å². The molecule has 0 aliphatic rings.